The summed E-state index contributed by atoms with van der Waals surface area (Å²) in [5.74, 6) is -0.796. The van der Waals surface area contributed by atoms with E-state index in [1.54, 1.807) is 22.4 Å². The van der Waals surface area contributed by atoms with Crippen LogP contribution in [0.4, 0.5) is 5.69 Å². The fourth-order valence-corrected chi connectivity index (χ4v) is 3.23. The minimum atomic E-state index is -0.757. The van der Waals surface area contributed by atoms with Gasteiger partial charge in [-0.2, -0.15) is 0 Å². The van der Waals surface area contributed by atoms with Crippen molar-refractivity contribution in [2.75, 3.05) is 39.2 Å². The molecule has 0 saturated heterocycles. The Kier molecular flexibility index (Phi) is 8.02. The number of likely N-dealkylation sites (N-methyl/N-ethyl adjacent to an activating group) is 1. The Morgan fingerprint density at radius 1 is 1.07 bits per heavy atom. The highest BCUT2D eigenvalue weighted by Gasteiger charge is 2.22. The van der Waals surface area contributed by atoms with Crippen LogP contribution in [0, 0.1) is 0 Å². The van der Waals surface area contributed by atoms with Crippen LogP contribution < -0.4 is 14.8 Å². The average Bonchev–Trinajstić information content (AvgIpc) is 3.27. The second-order valence-corrected chi connectivity index (χ2v) is 6.77. The van der Waals surface area contributed by atoms with Crippen LogP contribution in [0.5, 0.6) is 11.5 Å². The van der Waals surface area contributed by atoms with Gasteiger partial charge in [0.05, 0.1) is 30.3 Å². The lowest BCUT2D eigenvalue weighted by Gasteiger charge is -2.19. The van der Waals surface area contributed by atoms with Gasteiger partial charge >= 0.3 is 5.97 Å². The van der Waals surface area contributed by atoms with Crippen molar-refractivity contribution in [2.24, 2.45) is 0 Å². The van der Waals surface area contributed by atoms with Crippen molar-refractivity contribution in [1.29, 1.82) is 0 Å². The fourth-order valence-electron chi connectivity index (χ4n) is 2.62. The van der Waals surface area contributed by atoms with Crippen LogP contribution >= 0.6 is 11.3 Å². The minimum Gasteiger partial charge on any atom is -0.493 e. The molecule has 0 aliphatic rings. The molecule has 1 aromatic heterocycles. The number of anilines is 1. The van der Waals surface area contributed by atoms with E-state index in [1.807, 2.05) is 13.8 Å². The number of esters is 1. The second kappa shape index (κ2) is 10.5. The lowest BCUT2D eigenvalue weighted by molar-refractivity contribution is -0.134. The highest BCUT2D eigenvalue weighted by molar-refractivity contribution is 7.12. The van der Waals surface area contributed by atoms with Gasteiger partial charge in [-0.1, -0.05) is 6.07 Å². The van der Waals surface area contributed by atoms with Crippen molar-refractivity contribution in [2.45, 2.75) is 13.8 Å². The summed E-state index contributed by atoms with van der Waals surface area (Å²) >= 11 is 1.27. The molecular weight excluding hydrogens is 396 g/mol. The summed E-state index contributed by atoms with van der Waals surface area (Å²) in [4.78, 5) is 39.3. The Morgan fingerprint density at radius 2 is 1.72 bits per heavy atom. The summed E-state index contributed by atoms with van der Waals surface area (Å²) in [6.45, 7) is 4.33. The van der Waals surface area contributed by atoms with Gasteiger partial charge in [0.1, 0.15) is 0 Å². The first kappa shape index (κ1) is 22.2. The molecule has 2 rings (SSSR count). The van der Waals surface area contributed by atoms with Crippen LogP contribution in [-0.2, 0) is 9.53 Å². The number of amides is 2. The Hall–Kier alpha value is -3.07. The molecule has 1 heterocycles. The van der Waals surface area contributed by atoms with Crippen LogP contribution in [-0.4, -0.2) is 56.6 Å². The van der Waals surface area contributed by atoms with Gasteiger partial charge in [-0.05, 0) is 25.3 Å². The second-order valence-electron chi connectivity index (χ2n) is 5.83. The molecule has 0 aliphatic heterocycles. The van der Waals surface area contributed by atoms with Gasteiger partial charge in [0, 0.05) is 25.2 Å². The maximum atomic E-state index is 12.7. The van der Waals surface area contributed by atoms with Crippen LogP contribution in [0.3, 0.4) is 0 Å². The van der Waals surface area contributed by atoms with E-state index in [0.717, 1.165) is 0 Å². The third kappa shape index (κ3) is 5.47. The van der Waals surface area contributed by atoms with Gasteiger partial charge < -0.3 is 24.4 Å². The van der Waals surface area contributed by atoms with Gasteiger partial charge in [0.25, 0.3) is 11.8 Å². The summed E-state index contributed by atoms with van der Waals surface area (Å²) in [5, 5.41) is 4.47. The summed E-state index contributed by atoms with van der Waals surface area (Å²) < 4.78 is 15.7. The van der Waals surface area contributed by atoms with Crippen LogP contribution in [0.15, 0.2) is 29.6 Å². The molecule has 29 heavy (non-hydrogen) atoms. The topological polar surface area (TPSA) is 94.2 Å². The zero-order chi connectivity index (χ0) is 21.4. The lowest BCUT2D eigenvalue weighted by atomic mass is 10.1. The fraction of sp³-hybridized carbons (Fsp3) is 0.350. The van der Waals surface area contributed by atoms with Gasteiger partial charge in [-0.25, -0.2) is 4.79 Å². The molecule has 2 aromatic rings. The van der Waals surface area contributed by atoms with Crippen molar-refractivity contribution in [3.05, 3.63) is 40.1 Å². The molecule has 0 bridgehead atoms. The molecule has 0 radical (unpaired) electrons. The Balaban J connectivity index is 2.28. The molecular formula is C20H24N2O6S. The molecule has 1 N–H and O–H groups in total. The van der Waals surface area contributed by atoms with Crippen molar-refractivity contribution in [3.63, 3.8) is 0 Å². The molecule has 156 valence electrons. The van der Waals surface area contributed by atoms with Crippen molar-refractivity contribution in [1.82, 2.24) is 4.90 Å². The molecule has 1 aromatic carbocycles. The number of methoxy groups -OCH3 is 2. The number of nitrogens with zero attached hydrogens (tertiary/aromatic N) is 1. The number of hydrogen-bond acceptors (Lipinski definition) is 7. The van der Waals surface area contributed by atoms with Crippen molar-refractivity contribution in [3.8, 4) is 11.5 Å². The van der Waals surface area contributed by atoms with E-state index in [9.17, 15) is 14.4 Å². The predicted molar refractivity (Wildman–Crippen MR) is 110 cm³/mol. The molecule has 0 atom stereocenters. The molecule has 0 spiro atoms. The highest BCUT2D eigenvalue weighted by atomic mass is 32.1. The smallest absolute Gasteiger partial charge is 0.340 e. The average molecular weight is 420 g/mol. The molecule has 0 aliphatic carbocycles. The van der Waals surface area contributed by atoms with Crippen molar-refractivity contribution >= 4 is 34.8 Å². The monoisotopic (exact) mass is 420 g/mol. The van der Waals surface area contributed by atoms with Crippen LogP contribution in [0.25, 0.3) is 0 Å². The van der Waals surface area contributed by atoms with Crippen LogP contribution in [0.2, 0.25) is 0 Å². The summed E-state index contributed by atoms with van der Waals surface area (Å²) in [5.41, 5.74) is 0.251. The Morgan fingerprint density at radius 3 is 2.28 bits per heavy atom. The highest BCUT2D eigenvalue weighted by Crippen LogP contribution is 2.34. The Labute approximate surface area is 173 Å². The number of rotatable bonds is 9. The predicted octanol–water partition coefficient (Wildman–Crippen LogP) is 3.04. The van der Waals surface area contributed by atoms with Crippen molar-refractivity contribution < 1.29 is 28.6 Å². The van der Waals surface area contributed by atoms with Gasteiger partial charge in [0.2, 0.25) is 0 Å². The molecule has 9 heteroatoms. The summed E-state index contributed by atoms with van der Waals surface area (Å²) in [7, 11) is 2.88. The Bertz CT molecular complexity index is 862. The summed E-state index contributed by atoms with van der Waals surface area (Å²) in [6, 6.07) is 6.31. The maximum absolute atomic E-state index is 12.7. The molecule has 0 fully saturated rings. The summed E-state index contributed by atoms with van der Waals surface area (Å²) in [6.07, 6.45) is 0. The quantitative estimate of drug-likeness (QED) is 0.627. The lowest BCUT2D eigenvalue weighted by Crippen LogP contribution is -2.34. The first-order valence-electron chi connectivity index (χ1n) is 9.00. The van der Waals surface area contributed by atoms with E-state index >= 15 is 0 Å². The number of carbonyl (C=O) groups excluding carboxylic acids is 3. The number of carbonyl (C=O) groups is 3. The van der Waals surface area contributed by atoms with Crippen LogP contribution in [0.1, 0.15) is 33.9 Å². The first-order valence-corrected chi connectivity index (χ1v) is 9.88. The molecule has 8 nitrogen and oxygen atoms in total. The number of benzene rings is 1. The van der Waals surface area contributed by atoms with Gasteiger partial charge in [-0.3, -0.25) is 9.59 Å². The zero-order valence-electron chi connectivity index (χ0n) is 16.8. The third-order valence-corrected chi connectivity index (χ3v) is 5.05. The number of nitrogens with one attached hydrogen (secondary N) is 1. The molecule has 0 unspecified atom stereocenters. The largest absolute Gasteiger partial charge is 0.493 e. The third-order valence-electron chi connectivity index (χ3n) is 4.18. The van der Waals surface area contributed by atoms with Gasteiger partial charge in [0.15, 0.2) is 18.1 Å². The number of thiophene rings is 1. The van der Waals surface area contributed by atoms with Gasteiger partial charge in [-0.15, -0.1) is 11.3 Å². The first-order chi connectivity index (χ1) is 13.9. The maximum Gasteiger partial charge on any atom is 0.340 e. The molecule has 2 amide bonds. The van der Waals surface area contributed by atoms with E-state index in [-0.39, 0.29) is 23.1 Å². The SMILES string of the molecule is CCN(CC)C(=O)COC(=O)c1cc(OC)c(OC)cc1NC(=O)c1cccs1. The zero-order valence-corrected chi connectivity index (χ0v) is 17.6. The number of ether oxygens (including phenoxy) is 3. The normalized spacial score (nSPS) is 10.2. The van der Waals surface area contributed by atoms with E-state index in [0.29, 0.717) is 29.5 Å². The minimum absolute atomic E-state index is 0.0555. The van der Waals surface area contributed by atoms with E-state index in [4.69, 9.17) is 14.2 Å². The van der Waals surface area contributed by atoms with E-state index < -0.39 is 12.6 Å². The standard InChI is InChI=1S/C20H24N2O6S/c1-5-22(6-2)18(23)12-28-20(25)13-10-15(26-3)16(27-4)11-14(13)21-19(24)17-8-7-9-29-17/h7-11H,5-6,12H2,1-4H3,(H,21,24). The number of hydrogen-bond donors (Lipinski definition) is 1. The van der Waals surface area contributed by atoms with E-state index in [2.05, 4.69) is 5.32 Å². The van der Waals surface area contributed by atoms with E-state index in [1.165, 1.54) is 37.7 Å². The molecule has 0 saturated carbocycles.